The van der Waals surface area contributed by atoms with Gasteiger partial charge in [-0.25, -0.2) is 0 Å². The van der Waals surface area contributed by atoms with Crippen LogP contribution in [0.2, 0.25) is 0 Å². The van der Waals surface area contributed by atoms with Gasteiger partial charge in [0.2, 0.25) is 0 Å². The van der Waals surface area contributed by atoms with E-state index in [9.17, 15) is 0 Å². The van der Waals surface area contributed by atoms with Gasteiger partial charge in [-0.15, -0.1) is 0 Å². The molecule has 0 spiro atoms. The van der Waals surface area contributed by atoms with Crippen LogP contribution in [0.25, 0.3) is 0 Å². The molecule has 2 aromatic rings. The van der Waals surface area contributed by atoms with Crippen LogP contribution in [0.4, 0.5) is 0 Å². The summed E-state index contributed by atoms with van der Waals surface area (Å²) < 4.78 is 0. The number of nitrogens with one attached hydrogen (secondary N) is 1. The minimum atomic E-state index is 0.374. The van der Waals surface area contributed by atoms with Crippen LogP contribution in [-0.2, 0) is 0 Å². The molecule has 0 aliphatic carbocycles. The van der Waals surface area contributed by atoms with Crippen LogP contribution >= 0.6 is 0 Å². The smallest absolute Gasteiger partial charge is 0.0386 e. The van der Waals surface area contributed by atoms with Gasteiger partial charge in [-0.1, -0.05) is 74.5 Å². The summed E-state index contributed by atoms with van der Waals surface area (Å²) in [6.07, 6.45) is 0. The summed E-state index contributed by atoms with van der Waals surface area (Å²) in [6, 6.07) is 21.8. The highest BCUT2D eigenvalue weighted by Crippen LogP contribution is 2.30. The Hall–Kier alpha value is -1.60. The molecule has 0 unspecified atom stereocenters. The summed E-state index contributed by atoms with van der Waals surface area (Å²) in [5.41, 5.74) is 2.74. The second-order valence-electron chi connectivity index (χ2n) is 4.65. The maximum atomic E-state index is 3.60. The molecule has 1 N–H and O–H groups in total. The molecule has 0 radical (unpaired) electrons. The summed E-state index contributed by atoms with van der Waals surface area (Å²) in [5.74, 6) is 0.466. The summed E-state index contributed by atoms with van der Waals surface area (Å²) in [6.45, 7) is 5.43. The van der Waals surface area contributed by atoms with Crippen molar-refractivity contribution in [1.82, 2.24) is 5.32 Å². The third-order valence-corrected chi connectivity index (χ3v) is 3.41. The Bertz CT molecular complexity index is 450. The fraction of sp³-hybridized carbons (Fsp3) is 0.294. The van der Waals surface area contributed by atoms with E-state index in [0.717, 1.165) is 6.54 Å². The molecule has 0 aliphatic heterocycles. The van der Waals surface area contributed by atoms with Gasteiger partial charge >= 0.3 is 0 Å². The van der Waals surface area contributed by atoms with E-state index in [-0.39, 0.29) is 0 Å². The van der Waals surface area contributed by atoms with Crippen molar-refractivity contribution >= 4 is 0 Å². The number of hydrogen-bond donors (Lipinski definition) is 1. The molecule has 2 aromatic carbocycles. The van der Waals surface area contributed by atoms with Crippen LogP contribution in [0, 0.1) is 0 Å². The number of rotatable bonds is 5. The highest BCUT2D eigenvalue weighted by atomic mass is 14.9. The molecule has 1 nitrogen and oxygen atoms in total. The van der Waals surface area contributed by atoms with E-state index in [1.807, 2.05) is 0 Å². The molecular weight excluding hydrogens is 218 g/mol. The Kier molecular flexibility index (Phi) is 4.54. The Morgan fingerprint density at radius 2 is 1.33 bits per heavy atom. The molecule has 1 heteroatoms. The van der Waals surface area contributed by atoms with Crippen LogP contribution in [0.5, 0.6) is 0 Å². The van der Waals surface area contributed by atoms with Gasteiger partial charge in [0.1, 0.15) is 0 Å². The van der Waals surface area contributed by atoms with E-state index in [1.54, 1.807) is 0 Å². The van der Waals surface area contributed by atoms with Crippen LogP contribution in [-0.4, -0.2) is 6.54 Å². The lowest BCUT2D eigenvalue weighted by Gasteiger charge is -2.25. The Morgan fingerprint density at radius 3 is 1.83 bits per heavy atom. The molecule has 0 saturated heterocycles. The van der Waals surface area contributed by atoms with Gasteiger partial charge in [-0.2, -0.15) is 0 Å². The highest BCUT2D eigenvalue weighted by molar-refractivity contribution is 5.27. The van der Waals surface area contributed by atoms with Crippen molar-refractivity contribution in [2.75, 3.05) is 6.54 Å². The van der Waals surface area contributed by atoms with Gasteiger partial charge < -0.3 is 5.32 Å². The first kappa shape index (κ1) is 12.8. The number of likely N-dealkylation sites (N-methyl/N-ethyl adjacent to an activating group) is 1. The Labute approximate surface area is 110 Å². The monoisotopic (exact) mass is 239 g/mol. The van der Waals surface area contributed by atoms with E-state index in [1.165, 1.54) is 11.1 Å². The second-order valence-corrected chi connectivity index (χ2v) is 4.65. The van der Waals surface area contributed by atoms with Gasteiger partial charge in [0.05, 0.1) is 0 Å². The maximum absolute atomic E-state index is 3.60. The van der Waals surface area contributed by atoms with Crippen molar-refractivity contribution < 1.29 is 0 Å². The van der Waals surface area contributed by atoms with Crippen molar-refractivity contribution in [1.29, 1.82) is 0 Å². The first-order chi connectivity index (χ1) is 8.83. The van der Waals surface area contributed by atoms with E-state index < -0.39 is 0 Å². The minimum Gasteiger partial charge on any atom is -0.310 e. The molecule has 0 amide bonds. The third kappa shape index (κ3) is 2.99. The second kappa shape index (κ2) is 6.36. The molecule has 2 rings (SSSR count). The highest BCUT2D eigenvalue weighted by Gasteiger charge is 2.19. The van der Waals surface area contributed by atoms with Crippen LogP contribution < -0.4 is 5.32 Å². The average Bonchev–Trinajstić information content (AvgIpc) is 2.46. The standard InChI is InChI=1S/C17H21N/c1-3-18-17(16-12-8-5-9-13-16)14(2)15-10-6-4-7-11-15/h4-14,17-18H,3H2,1-2H3/t14-,17+/m0/s1. The van der Waals surface area contributed by atoms with E-state index in [4.69, 9.17) is 0 Å². The fourth-order valence-corrected chi connectivity index (χ4v) is 2.41. The molecule has 0 bridgehead atoms. The van der Waals surface area contributed by atoms with Gasteiger partial charge in [0, 0.05) is 12.0 Å². The maximum Gasteiger partial charge on any atom is 0.0386 e. The lowest BCUT2D eigenvalue weighted by Crippen LogP contribution is -2.25. The Balaban J connectivity index is 2.26. The van der Waals surface area contributed by atoms with Gasteiger partial charge in [-0.05, 0) is 17.7 Å². The van der Waals surface area contributed by atoms with E-state index in [2.05, 4.69) is 79.8 Å². The zero-order chi connectivity index (χ0) is 12.8. The predicted octanol–water partition coefficient (Wildman–Crippen LogP) is 4.14. The first-order valence-corrected chi connectivity index (χ1v) is 6.66. The molecule has 0 fully saturated rings. The van der Waals surface area contributed by atoms with Crippen LogP contribution in [0.15, 0.2) is 60.7 Å². The normalized spacial score (nSPS) is 14.1. The van der Waals surface area contributed by atoms with E-state index >= 15 is 0 Å². The summed E-state index contributed by atoms with van der Waals surface area (Å²) in [5, 5.41) is 3.60. The van der Waals surface area contributed by atoms with Crippen molar-refractivity contribution in [3.8, 4) is 0 Å². The first-order valence-electron chi connectivity index (χ1n) is 6.66. The molecule has 94 valence electrons. The Morgan fingerprint density at radius 1 is 0.833 bits per heavy atom. The zero-order valence-electron chi connectivity index (χ0n) is 11.1. The van der Waals surface area contributed by atoms with Crippen LogP contribution in [0.1, 0.15) is 36.9 Å². The summed E-state index contributed by atoms with van der Waals surface area (Å²) in [4.78, 5) is 0. The minimum absolute atomic E-state index is 0.374. The van der Waals surface area contributed by atoms with Crippen molar-refractivity contribution in [2.45, 2.75) is 25.8 Å². The lowest BCUT2D eigenvalue weighted by molar-refractivity contribution is 0.479. The SMILES string of the molecule is CCN[C@@H](c1ccccc1)[C@@H](C)c1ccccc1. The summed E-state index contributed by atoms with van der Waals surface area (Å²) in [7, 11) is 0. The molecule has 18 heavy (non-hydrogen) atoms. The molecule has 2 atom stereocenters. The van der Waals surface area contributed by atoms with Crippen molar-refractivity contribution in [2.24, 2.45) is 0 Å². The predicted molar refractivity (Wildman–Crippen MR) is 77.7 cm³/mol. The van der Waals surface area contributed by atoms with Crippen molar-refractivity contribution in [3.63, 3.8) is 0 Å². The quantitative estimate of drug-likeness (QED) is 0.827. The molecular formula is C17H21N. The largest absolute Gasteiger partial charge is 0.310 e. The zero-order valence-corrected chi connectivity index (χ0v) is 11.1. The summed E-state index contributed by atoms with van der Waals surface area (Å²) >= 11 is 0. The molecule has 0 aliphatic rings. The topological polar surface area (TPSA) is 12.0 Å². The molecule has 0 aromatic heterocycles. The molecule has 0 heterocycles. The van der Waals surface area contributed by atoms with Crippen LogP contribution in [0.3, 0.4) is 0 Å². The average molecular weight is 239 g/mol. The fourth-order valence-electron chi connectivity index (χ4n) is 2.41. The van der Waals surface area contributed by atoms with Gasteiger partial charge in [0.25, 0.3) is 0 Å². The van der Waals surface area contributed by atoms with E-state index in [0.29, 0.717) is 12.0 Å². The van der Waals surface area contributed by atoms with Gasteiger partial charge in [-0.3, -0.25) is 0 Å². The molecule has 0 saturated carbocycles. The lowest BCUT2D eigenvalue weighted by atomic mass is 9.88. The van der Waals surface area contributed by atoms with Crippen molar-refractivity contribution in [3.05, 3.63) is 71.8 Å². The number of benzene rings is 2. The number of hydrogen-bond acceptors (Lipinski definition) is 1. The van der Waals surface area contributed by atoms with Gasteiger partial charge in [0.15, 0.2) is 0 Å². The third-order valence-electron chi connectivity index (χ3n) is 3.41.